The molecule has 1 aliphatic rings. The number of ether oxygens (including phenoxy) is 3. The largest absolute Gasteiger partial charge is 0.491 e. The zero-order valence-electron chi connectivity index (χ0n) is 11.1. The summed E-state index contributed by atoms with van der Waals surface area (Å²) < 4.78 is 16.7. The summed E-state index contributed by atoms with van der Waals surface area (Å²) in [4.78, 5) is 0. The SMILES string of the molecule is C[C@@H](O)c1ccc(OCC2COC(C)(C)O2)cc1. The van der Waals surface area contributed by atoms with Crippen molar-refractivity contribution >= 4 is 0 Å². The van der Waals surface area contributed by atoms with E-state index in [0.717, 1.165) is 11.3 Å². The molecule has 1 N–H and O–H groups in total. The molecule has 0 spiro atoms. The van der Waals surface area contributed by atoms with Crippen LogP contribution in [0.4, 0.5) is 0 Å². The molecule has 0 amide bonds. The molecule has 1 aromatic carbocycles. The summed E-state index contributed by atoms with van der Waals surface area (Å²) in [5, 5.41) is 9.40. The Labute approximate surface area is 107 Å². The highest BCUT2D eigenvalue weighted by Gasteiger charge is 2.32. The Morgan fingerprint density at radius 1 is 1.39 bits per heavy atom. The van der Waals surface area contributed by atoms with Crippen molar-refractivity contribution in [2.45, 2.75) is 38.8 Å². The highest BCUT2D eigenvalue weighted by molar-refractivity contribution is 5.28. The summed E-state index contributed by atoms with van der Waals surface area (Å²) in [6.45, 7) is 6.55. The minimum absolute atomic E-state index is 0.0311. The first kappa shape index (κ1) is 13.3. The molecule has 0 aliphatic carbocycles. The summed E-state index contributed by atoms with van der Waals surface area (Å²) in [5.74, 6) is 0.261. The highest BCUT2D eigenvalue weighted by Crippen LogP contribution is 2.23. The van der Waals surface area contributed by atoms with E-state index in [1.807, 2.05) is 38.1 Å². The Balaban J connectivity index is 1.84. The van der Waals surface area contributed by atoms with E-state index in [-0.39, 0.29) is 6.10 Å². The topological polar surface area (TPSA) is 47.9 Å². The molecule has 100 valence electrons. The number of hydrogen-bond acceptors (Lipinski definition) is 4. The van der Waals surface area contributed by atoms with Gasteiger partial charge in [-0.2, -0.15) is 0 Å². The lowest BCUT2D eigenvalue weighted by atomic mass is 10.1. The molecule has 2 atom stereocenters. The van der Waals surface area contributed by atoms with E-state index in [4.69, 9.17) is 14.2 Å². The van der Waals surface area contributed by atoms with Gasteiger partial charge in [-0.05, 0) is 38.5 Å². The summed E-state index contributed by atoms with van der Waals surface area (Å²) >= 11 is 0. The molecule has 0 bridgehead atoms. The zero-order chi connectivity index (χ0) is 13.2. The Morgan fingerprint density at radius 3 is 2.56 bits per heavy atom. The van der Waals surface area contributed by atoms with Crippen LogP contribution in [-0.4, -0.2) is 30.2 Å². The van der Waals surface area contributed by atoms with Gasteiger partial charge in [-0.1, -0.05) is 12.1 Å². The second-order valence-corrected chi connectivity index (χ2v) is 5.01. The molecule has 0 radical (unpaired) electrons. The first-order valence-corrected chi connectivity index (χ1v) is 6.19. The normalized spacial score (nSPS) is 23.9. The standard InChI is InChI=1S/C14H20O4/c1-10(15)11-4-6-12(7-5-11)16-8-13-9-17-14(2,3)18-13/h4-7,10,13,15H,8-9H2,1-3H3/t10-,13?/m1/s1. The van der Waals surface area contributed by atoms with E-state index in [2.05, 4.69) is 0 Å². The van der Waals surface area contributed by atoms with Gasteiger partial charge < -0.3 is 19.3 Å². The number of aliphatic hydroxyl groups is 1. The Kier molecular flexibility index (Phi) is 3.90. The third-order valence-corrected chi connectivity index (χ3v) is 2.87. The quantitative estimate of drug-likeness (QED) is 0.893. The van der Waals surface area contributed by atoms with Gasteiger partial charge in [-0.3, -0.25) is 0 Å². The fourth-order valence-corrected chi connectivity index (χ4v) is 1.88. The van der Waals surface area contributed by atoms with Crippen molar-refractivity contribution < 1.29 is 19.3 Å². The van der Waals surface area contributed by atoms with Crippen LogP contribution in [0.2, 0.25) is 0 Å². The fourth-order valence-electron chi connectivity index (χ4n) is 1.88. The Bertz CT molecular complexity index is 383. The second-order valence-electron chi connectivity index (χ2n) is 5.01. The third kappa shape index (κ3) is 3.45. The molecular weight excluding hydrogens is 232 g/mol. The van der Waals surface area contributed by atoms with Crippen LogP contribution in [0, 0.1) is 0 Å². The van der Waals surface area contributed by atoms with E-state index >= 15 is 0 Å². The number of rotatable bonds is 4. The van der Waals surface area contributed by atoms with Gasteiger partial charge in [0.05, 0.1) is 12.7 Å². The minimum Gasteiger partial charge on any atom is -0.491 e. The predicted octanol–water partition coefficient (Wildman–Crippen LogP) is 2.27. The van der Waals surface area contributed by atoms with Crippen molar-refractivity contribution in [1.29, 1.82) is 0 Å². The van der Waals surface area contributed by atoms with Crippen molar-refractivity contribution in [3.63, 3.8) is 0 Å². The van der Waals surface area contributed by atoms with Gasteiger partial charge >= 0.3 is 0 Å². The summed E-state index contributed by atoms with van der Waals surface area (Å²) in [6.07, 6.45) is -0.483. The lowest BCUT2D eigenvalue weighted by Gasteiger charge is -2.17. The maximum Gasteiger partial charge on any atom is 0.163 e. The van der Waals surface area contributed by atoms with Gasteiger partial charge in [-0.15, -0.1) is 0 Å². The molecule has 18 heavy (non-hydrogen) atoms. The lowest BCUT2D eigenvalue weighted by molar-refractivity contribution is -0.141. The Morgan fingerprint density at radius 2 is 2.06 bits per heavy atom. The van der Waals surface area contributed by atoms with Crippen LogP contribution in [0.15, 0.2) is 24.3 Å². The maximum atomic E-state index is 9.40. The number of aliphatic hydroxyl groups excluding tert-OH is 1. The van der Waals surface area contributed by atoms with Crippen LogP contribution >= 0.6 is 0 Å². The molecule has 1 aliphatic heterocycles. The first-order valence-electron chi connectivity index (χ1n) is 6.19. The van der Waals surface area contributed by atoms with Crippen LogP contribution in [0.5, 0.6) is 5.75 Å². The molecule has 4 heteroatoms. The van der Waals surface area contributed by atoms with E-state index in [1.165, 1.54) is 0 Å². The fraction of sp³-hybridized carbons (Fsp3) is 0.571. The molecule has 2 rings (SSSR count). The van der Waals surface area contributed by atoms with Gasteiger partial charge in [0.1, 0.15) is 18.5 Å². The van der Waals surface area contributed by atoms with E-state index in [0.29, 0.717) is 13.2 Å². The van der Waals surface area contributed by atoms with Crippen LogP contribution in [0.25, 0.3) is 0 Å². The van der Waals surface area contributed by atoms with Gasteiger partial charge in [0.15, 0.2) is 5.79 Å². The number of benzene rings is 1. The van der Waals surface area contributed by atoms with E-state index in [1.54, 1.807) is 6.92 Å². The summed E-state index contributed by atoms with van der Waals surface area (Å²) in [6, 6.07) is 7.41. The third-order valence-electron chi connectivity index (χ3n) is 2.87. The predicted molar refractivity (Wildman–Crippen MR) is 67.5 cm³/mol. The molecule has 1 heterocycles. The maximum absolute atomic E-state index is 9.40. The lowest BCUT2D eigenvalue weighted by Crippen LogP contribution is -2.25. The Hall–Kier alpha value is -1.10. The molecule has 1 fully saturated rings. The molecule has 0 saturated carbocycles. The molecule has 1 unspecified atom stereocenters. The molecule has 1 aromatic rings. The van der Waals surface area contributed by atoms with E-state index < -0.39 is 11.9 Å². The average molecular weight is 252 g/mol. The van der Waals surface area contributed by atoms with Gasteiger partial charge in [0, 0.05) is 0 Å². The van der Waals surface area contributed by atoms with Crippen LogP contribution in [0.1, 0.15) is 32.4 Å². The minimum atomic E-state index is -0.510. The molecule has 4 nitrogen and oxygen atoms in total. The van der Waals surface area contributed by atoms with Crippen LogP contribution in [-0.2, 0) is 9.47 Å². The van der Waals surface area contributed by atoms with E-state index in [9.17, 15) is 5.11 Å². The van der Waals surface area contributed by atoms with Crippen LogP contribution < -0.4 is 4.74 Å². The molecular formula is C14H20O4. The smallest absolute Gasteiger partial charge is 0.163 e. The van der Waals surface area contributed by atoms with Gasteiger partial charge in [0.25, 0.3) is 0 Å². The molecule has 1 saturated heterocycles. The van der Waals surface area contributed by atoms with Crippen molar-refractivity contribution in [3.05, 3.63) is 29.8 Å². The summed E-state index contributed by atoms with van der Waals surface area (Å²) in [5.41, 5.74) is 0.879. The van der Waals surface area contributed by atoms with Crippen molar-refractivity contribution in [2.24, 2.45) is 0 Å². The van der Waals surface area contributed by atoms with Crippen molar-refractivity contribution in [2.75, 3.05) is 13.2 Å². The second kappa shape index (κ2) is 5.26. The monoisotopic (exact) mass is 252 g/mol. The van der Waals surface area contributed by atoms with Crippen LogP contribution in [0.3, 0.4) is 0 Å². The summed E-state index contributed by atoms with van der Waals surface area (Å²) in [7, 11) is 0. The average Bonchev–Trinajstić information content (AvgIpc) is 2.67. The van der Waals surface area contributed by atoms with Crippen molar-refractivity contribution in [3.8, 4) is 5.75 Å². The molecule has 0 aromatic heterocycles. The zero-order valence-corrected chi connectivity index (χ0v) is 11.1. The van der Waals surface area contributed by atoms with Gasteiger partial charge in [0.2, 0.25) is 0 Å². The highest BCUT2D eigenvalue weighted by atomic mass is 16.7. The first-order chi connectivity index (χ1) is 8.46. The van der Waals surface area contributed by atoms with Crippen molar-refractivity contribution in [1.82, 2.24) is 0 Å². The number of hydrogen-bond donors (Lipinski definition) is 1. The van der Waals surface area contributed by atoms with Gasteiger partial charge in [-0.25, -0.2) is 0 Å².